The van der Waals surface area contributed by atoms with E-state index in [0.29, 0.717) is 5.13 Å². The number of rotatable bonds is 4. The molecule has 2 aromatic rings. The first-order valence-electron chi connectivity index (χ1n) is 8.08. The first-order chi connectivity index (χ1) is 11.0. The first kappa shape index (κ1) is 16.9. The Morgan fingerprint density at radius 1 is 1.48 bits per heavy atom. The van der Waals surface area contributed by atoms with E-state index >= 15 is 0 Å². The highest BCUT2D eigenvalue weighted by Gasteiger charge is 2.16. The monoisotopic (exact) mass is 395 g/mol. The van der Waals surface area contributed by atoms with E-state index in [1.807, 2.05) is 0 Å². The lowest BCUT2D eigenvalue weighted by Crippen LogP contribution is -2.32. The number of hydrogen-bond acceptors (Lipinski definition) is 4. The highest BCUT2D eigenvalue weighted by atomic mass is 79.9. The molecule has 1 fully saturated rings. The van der Waals surface area contributed by atoms with Crippen LogP contribution in [-0.4, -0.2) is 33.7 Å². The number of fused-ring (bicyclic) bond motifs is 1. The molecule has 1 aromatic carbocycles. The molecule has 0 spiro atoms. The van der Waals surface area contributed by atoms with Crippen molar-refractivity contribution in [2.45, 2.75) is 38.1 Å². The minimum absolute atomic E-state index is 0.0632. The van der Waals surface area contributed by atoms with Gasteiger partial charge in [-0.25, -0.2) is 4.98 Å². The average Bonchev–Trinajstić information content (AvgIpc) is 2.91. The number of halogens is 1. The zero-order valence-electron chi connectivity index (χ0n) is 13.5. The van der Waals surface area contributed by atoms with Crippen LogP contribution in [0.1, 0.15) is 32.3 Å². The van der Waals surface area contributed by atoms with Gasteiger partial charge in [-0.1, -0.05) is 40.3 Å². The summed E-state index contributed by atoms with van der Waals surface area (Å²) in [5.41, 5.74) is 2.27. The summed E-state index contributed by atoms with van der Waals surface area (Å²) in [6, 6.07) is 6.41. The number of benzene rings is 1. The second-order valence-corrected chi connectivity index (χ2v) is 8.79. The smallest absolute Gasteiger partial charge is 0.239 e. The topological polar surface area (TPSA) is 45.2 Å². The van der Waals surface area contributed by atoms with E-state index in [1.165, 1.54) is 42.8 Å². The fourth-order valence-electron chi connectivity index (χ4n) is 2.80. The summed E-state index contributed by atoms with van der Waals surface area (Å²) in [5.74, 6) is 0.796. The van der Waals surface area contributed by atoms with Crippen LogP contribution in [0.4, 0.5) is 5.13 Å². The molecule has 1 aromatic heterocycles. The van der Waals surface area contributed by atoms with Crippen LogP contribution in [0.5, 0.6) is 0 Å². The van der Waals surface area contributed by atoms with Gasteiger partial charge in [0.2, 0.25) is 5.91 Å². The molecule has 1 aliphatic rings. The van der Waals surface area contributed by atoms with Crippen molar-refractivity contribution >= 4 is 48.5 Å². The predicted molar refractivity (Wildman–Crippen MR) is 100 cm³/mol. The molecule has 6 heteroatoms. The second-order valence-electron chi connectivity index (χ2n) is 6.39. The standard InChI is InChI=1S/C17H22BrN3OS/c1-11-5-7-21(8-6-11)10-13-3-4-14-15(9-13)23-17(19-14)20-16(22)12(2)18/h3-4,9,11-12H,5-8,10H2,1-2H3,(H,19,20,22). The Balaban J connectivity index is 1.70. The van der Waals surface area contributed by atoms with Gasteiger partial charge in [0.05, 0.1) is 15.0 Å². The highest BCUT2D eigenvalue weighted by Crippen LogP contribution is 2.28. The van der Waals surface area contributed by atoms with Gasteiger partial charge in [-0.3, -0.25) is 9.69 Å². The van der Waals surface area contributed by atoms with Gasteiger partial charge < -0.3 is 5.32 Å². The molecule has 2 heterocycles. The molecule has 3 rings (SSSR count). The predicted octanol–water partition coefficient (Wildman–Crippen LogP) is 4.25. The Labute approximate surface area is 149 Å². The quantitative estimate of drug-likeness (QED) is 0.786. The lowest BCUT2D eigenvalue weighted by Gasteiger charge is -2.30. The lowest BCUT2D eigenvalue weighted by molar-refractivity contribution is -0.115. The summed E-state index contributed by atoms with van der Waals surface area (Å²) >= 11 is 4.81. The maximum Gasteiger partial charge on any atom is 0.239 e. The molecule has 0 saturated carbocycles. The van der Waals surface area contributed by atoms with Gasteiger partial charge in [0, 0.05) is 6.54 Å². The fraction of sp³-hybridized carbons (Fsp3) is 0.529. The van der Waals surface area contributed by atoms with Crippen LogP contribution in [0, 0.1) is 5.92 Å². The highest BCUT2D eigenvalue weighted by molar-refractivity contribution is 9.10. The molecule has 1 N–H and O–H groups in total. The Morgan fingerprint density at radius 2 is 2.22 bits per heavy atom. The van der Waals surface area contributed by atoms with Gasteiger partial charge in [-0.05, 0) is 56.5 Å². The number of aromatic nitrogens is 1. The maximum atomic E-state index is 11.7. The summed E-state index contributed by atoms with van der Waals surface area (Å²) in [4.78, 5) is 18.5. The van der Waals surface area contributed by atoms with Gasteiger partial charge in [0.1, 0.15) is 0 Å². The number of carbonyl (C=O) groups is 1. The van der Waals surface area contributed by atoms with Gasteiger partial charge in [-0.15, -0.1) is 0 Å². The van der Waals surface area contributed by atoms with Crippen molar-refractivity contribution in [3.63, 3.8) is 0 Å². The van der Waals surface area contributed by atoms with Crippen molar-refractivity contribution in [2.24, 2.45) is 5.92 Å². The van der Waals surface area contributed by atoms with E-state index in [2.05, 4.69) is 56.3 Å². The summed E-state index contributed by atoms with van der Waals surface area (Å²) in [6.45, 7) is 7.52. The Bertz CT molecular complexity index is 692. The van der Waals surface area contributed by atoms with Crippen LogP contribution in [0.3, 0.4) is 0 Å². The van der Waals surface area contributed by atoms with Crippen molar-refractivity contribution in [3.05, 3.63) is 23.8 Å². The maximum absolute atomic E-state index is 11.7. The van der Waals surface area contributed by atoms with Crippen molar-refractivity contribution in [1.82, 2.24) is 9.88 Å². The Morgan fingerprint density at radius 3 is 2.91 bits per heavy atom. The van der Waals surface area contributed by atoms with E-state index in [4.69, 9.17) is 0 Å². The van der Waals surface area contributed by atoms with Gasteiger partial charge >= 0.3 is 0 Å². The molecule has 4 nitrogen and oxygen atoms in total. The summed E-state index contributed by atoms with van der Waals surface area (Å²) in [7, 11) is 0. The molecule has 1 aliphatic heterocycles. The van der Waals surface area contributed by atoms with E-state index in [0.717, 1.165) is 22.7 Å². The molecule has 1 amide bonds. The minimum Gasteiger partial charge on any atom is -0.301 e. The summed E-state index contributed by atoms with van der Waals surface area (Å²) in [6.07, 6.45) is 2.59. The van der Waals surface area contributed by atoms with E-state index in [9.17, 15) is 4.79 Å². The van der Waals surface area contributed by atoms with Gasteiger partial charge in [0.25, 0.3) is 0 Å². The molecular weight excluding hydrogens is 374 g/mol. The molecular formula is C17H22BrN3OS. The number of amides is 1. The van der Waals surface area contributed by atoms with Crippen molar-refractivity contribution in [1.29, 1.82) is 0 Å². The van der Waals surface area contributed by atoms with Gasteiger partial charge in [0.15, 0.2) is 5.13 Å². The zero-order chi connectivity index (χ0) is 16.4. The molecule has 0 aliphatic carbocycles. The average molecular weight is 396 g/mol. The van der Waals surface area contributed by atoms with Crippen molar-refractivity contribution < 1.29 is 4.79 Å². The lowest BCUT2D eigenvalue weighted by atomic mass is 9.99. The third-order valence-electron chi connectivity index (χ3n) is 4.33. The van der Waals surface area contributed by atoms with Crippen LogP contribution in [-0.2, 0) is 11.3 Å². The number of piperidine rings is 1. The molecule has 23 heavy (non-hydrogen) atoms. The van der Waals surface area contributed by atoms with Crippen molar-refractivity contribution in [2.75, 3.05) is 18.4 Å². The molecule has 0 radical (unpaired) electrons. The van der Waals surface area contributed by atoms with Crippen LogP contribution >= 0.6 is 27.3 Å². The van der Waals surface area contributed by atoms with E-state index in [1.54, 1.807) is 6.92 Å². The third-order valence-corrected chi connectivity index (χ3v) is 5.68. The number of hydrogen-bond donors (Lipinski definition) is 1. The second kappa shape index (κ2) is 7.28. The molecule has 1 unspecified atom stereocenters. The van der Waals surface area contributed by atoms with Crippen LogP contribution in [0.25, 0.3) is 10.2 Å². The number of anilines is 1. The van der Waals surface area contributed by atoms with Crippen LogP contribution in [0.2, 0.25) is 0 Å². The summed E-state index contributed by atoms with van der Waals surface area (Å²) < 4.78 is 1.13. The molecule has 1 atom stereocenters. The fourth-order valence-corrected chi connectivity index (χ4v) is 3.85. The first-order valence-corrected chi connectivity index (χ1v) is 9.81. The van der Waals surface area contributed by atoms with E-state index in [-0.39, 0.29) is 10.7 Å². The number of thiazole rings is 1. The number of likely N-dealkylation sites (tertiary alicyclic amines) is 1. The van der Waals surface area contributed by atoms with Crippen molar-refractivity contribution in [3.8, 4) is 0 Å². The summed E-state index contributed by atoms with van der Waals surface area (Å²) in [5, 5.41) is 3.51. The number of alkyl halides is 1. The SMILES string of the molecule is CC1CCN(Cc2ccc3nc(NC(=O)C(C)Br)sc3c2)CC1. The van der Waals surface area contributed by atoms with Crippen LogP contribution in [0.15, 0.2) is 18.2 Å². The van der Waals surface area contributed by atoms with Gasteiger partial charge in [-0.2, -0.15) is 0 Å². The Hall–Kier alpha value is -0.980. The van der Waals surface area contributed by atoms with Crippen LogP contribution < -0.4 is 5.32 Å². The zero-order valence-corrected chi connectivity index (χ0v) is 15.9. The minimum atomic E-state index is -0.216. The van der Waals surface area contributed by atoms with E-state index < -0.39 is 0 Å². The molecule has 0 bridgehead atoms. The molecule has 1 saturated heterocycles. The number of carbonyl (C=O) groups excluding carboxylic acids is 1. The Kier molecular flexibility index (Phi) is 5.34. The largest absolute Gasteiger partial charge is 0.301 e. The number of nitrogens with one attached hydrogen (secondary N) is 1. The normalized spacial score (nSPS) is 18.2. The third kappa shape index (κ3) is 4.31. The molecule has 124 valence electrons. The number of nitrogens with zero attached hydrogens (tertiary/aromatic N) is 2.